The normalized spacial score (nSPS) is 11.1. The fourth-order valence-electron chi connectivity index (χ4n) is 2.52. The third-order valence-corrected chi connectivity index (χ3v) is 3.40. The Labute approximate surface area is 120 Å². The molecular weight excluding hydrogens is 248 g/mol. The van der Waals surface area contributed by atoms with Crippen molar-refractivity contribution in [2.24, 2.45) is 0 Å². The zero-order valence-electron chi connectivity index (χ0n) is 12.7. The van der Waals surface area contributed by atoms with Crippen molar-refractivity contribution in [3.8, 4) is 0 Å². The molecule has 0 spiro atoms. The van der Waals surface area contributed by atoms with Crippen molar-refractivity contribution in [3.05, 3.63) is 58.4 Å². The molecular formula is C17H22N2O. The van der Waals surface area contributed by atoms with E-state index in [0.29, 0.717) is 6.54 Å². The van der Waals surface area contributed by atoms with Crippen LogP contribution in [0.15, 0.2) is 30.3 Å². The molecule has 1 aromatic heterocycles. The van der Waals surface area contributed by atoms with Crippen molar-refractivity contribution in [1.29, 1.82) is 0 Å². The Balaban J connectivity index is 1.99. The van der Waals surface area contributed by atoms with E-state index >= 15 is 0 Å². The molecule has 3 nitrogen and oxygen atoms in total. The molecule has 3 heteroatoms. The van der Waals surface area contributed by atoms with Gasteiger partial charge in [-0.1, -0.05) is 29.8 Å². The molecule has 0 unspecified atom stereocenters. The molecule has 0 atom stereocenters. The van der Waals surface area contributed by atoms with E-state index in [1.165, 1.54) is 11.1 Å². The van der Waals surface area contributed by atoms with E-state index in [9.17, 15) is 4.79 Å². The Bertz CT molecular complexity index is 613. The second kappa shape index (κ2) is 6.06. The van der Waals surface area contributed by atoms with Gasteiger partial charge in [0.1, 0.15) is 0 Å². The van der Waals surface area contributed by atoms with Crippen LogP contribution in [0.5, 0.6) is 0 Å². The maximum Gasteiger partial charge on any atom is 0.178 e. The number of likely N-dealkylation sites (N-methyl/N-ethyl adjacent to an activating group) is 1. The van der Waals surface area contributed by atoms with Crippen molar-refractivity contribution < 1.29 is 4.79 Å². The number of carbonyl (C=O) groups excluding carboxylic acids is 1. The monoisotopic (exact) mass is 270 g/mol. The molecule has 0 aliphatic heterocycles. The van der Waals surface area contributed by atoms with Gasteiger partial charge in [0.2, 0.25) is 0 Å². The largest absolute Gasteiger partial charge is 0.362 e. The Kier molecular flexibility index (Phi) is 4.40. The first kappa shape index (κ1) is 14.5. The molecule has 0 aliphatic carbocycles. The van der Waals surface area contributed by atoms with Gasteiger partial charge in [0.25, 0.3) is 0 Å². The summed E-state index contributed by atoms with van der Waals surface area (Å²) in [6, 6.07) is 10.3. The number of hydrogen-bond donors (Lipinski definition) is 1. The molecule has 0 saturated carbocycles. The summed E-state index contributed by atoms with van der Waals surface area (Å²) < 4.78 is 0. The molecule has 0 amide bonds. The van der Waals surface area contributed by atoms with Crippen LogP contribution in [0.4, 0.5) is 0 Å². The minimum Gasteiger partial charge on any atom is -0.362 e. The van der Waals surface area contributed by atoms with Gasteiger partial charge >= 0.3 is 0 Å². The van der Waals surface area contributed by atoms with Gasteiger partial charge in [-0.05, 0) is 39.4 Å². The van der Waals surface area contributed by atoms with E-state index in [1.54, 1.807) is 0 Å². The maximum atomic E-state index is 12.3. The summed E-state index contributed by atoms with van der Waals surface area (Å²) in [5.41, 5.74) is 5.28. The Hall–Kier alpha value is -1.87. The Morgan fingerprint density at radius 3 is 2.55 bits per heavy atom. The van der Waals surface area contributed by atoms with Crippen LogP contribution >= 0.6 is 0 Å². The number of rotatable bonds is 5. The highest BCUT2D eigenvalue weighted by Gasteiger charge is 2.13. The summed E-state index contributed by atoms with van der Waals surface area (Å²) in [7, 11) is 1.98. The van der Waals surface area contributed by atoms with E-state index in [2.05, 4.69) is 41.1 Å². The molecule has 0 radical (unpaired) electrons. The SMILES string of the molecule is Cc1cccc(CN(C)CC(=O)c2cc(C)[nH]c2C)c1. The Morgan fingerprint density at radius 2 is 1.95 bits per heavy atom. The van der Waals surface area contributed by atoms with E-state index in [4.69, 9.17) is 0 Å². The van der Waals surface area contributed by atoms with Crippen molar-refractivity contribution in [1.82, 2.24) is 9.88 Å². The van der Waals surface area contributed by atoms with Crippen LogP contribution in [0.25, 0.3) is 0 Å². The standard InChI is InChI=1S/C17H22N2O/c1-12-6-5-7-15(8-12)10-19(4)11-17(20)16-9-13(2)18-14(16)3/h5-9,18H,10-11H2,1-4H3. The fourth-order valence-corrected chi connectivity index (χ4v) is 2.52. The quantitative estimate of drug-likeness (QED) is 0.847. The molecule has 2 rings (SSSR count). The average molecular weight is 270 g/mol. The van der Waals surface area contributed by atoms with Crippen LogP contribution in [0.2, 0.25) is 0 Å². The van der Waals surface area contributed by atoms with Crippen LogP contribution < -0.4 is 0 Å². The number of Topliss-reactive ketones (excluding diaryl/α,β-unsaturated/α-hetero) is 1. The van der Waals surface area contributed by atoms with Gasteiger partial charge < -0.3 is 4.98 Å². The predicted molar refractivity (Wildman–Crippen MR) is 82.1 cm³/mol. The minimum atomic E-state index is 0.169. The number of nitrogens with zero attached hydrogens (tertiary/aromatic N) is 1. The van der Waals surface area contributed by atoms with Crippen LogP contribution in [-0.2, 0) is 6.54 Å². The molecule has 0 bridgehead atoms. The number of carbonyl (C=O) groups is 1. The first-order valence-corrected chi connectivity index (χ1v) is 6.89. The number of nitrogens with one attached hydrogen (secondary N) is 1. The first-order valence-electron chi connectivity index (χ1n) is 6.89. The first-order chi connectivity index (χ1) is 9.45. The second-order valence-corrected chi connectivity index (χ2v) is 5.58. The van der Waals surface area contributed by atoms with Crippen LogP contribution in [0.3, 0.4) is 0 Å². The summed E-state index contributed by atoms with van der Waals surface area (Å²) in [6.45, 7) is 7.23. The summed E-state index contributed by atoms with van der Waals surface area (Å²) >= 11 is 0. The van der Waals surface area contributed by atoms with Crippen LogP contribution in [0.1, 0.15) is 32.9 Å². The molecule has 1 N–H and O–H groups in total. The fraction of sp³-hybridized carbons (Fsp3) is 0.353. The molecule has 106 valence electrons. The predicted octanol–water partition coefficient (Wildman–Crippen LogP) is 3.25. The van der Waals surface area contributed by atoms with Crippen LogP contribution in [0, 0.1) is 20.8 Å². The number of aromatic amines is 1. The van der Waals surface area contributed by atoms with Gasteiger partial charge in [0, 0.05) is 23.5 Å². The second-order valence-electron chi connectivity index (χ2n) is 5.58. The molecule has 20 heavy (non-hydrogen) atoms. The summed E-state index contributed by atoms with van der Waals surface area (Å²) in [4.78, 5) is 17.5. The lowest BCUT2D eigenvalue weighted by molar-refractivity contribution is 0.0942. The number of ketones is 1. The highest BCUT2D eigenvalue weighted by atomic mass is 16.1. The van der Waals surface area contributed by atoms with E-state index in [0.717, 1.165) is 23.5 Å². The number of hydrogen-bond acceptors (Lipinski definition) is 2. The molecule has 1 heterocycles. The molecule has 0 aliphatic rings. The van der Waals surface area contributed by atoms with E-state index in [1.807, 2.05) is 27.0 Å². The van der Waals surface area contributed by atoms with Gasteiger partial charge in [-0.25, -0.2) is 0 Å². The Morgan fingerprint density at radius 1 is 1.20 bits per heavy atom. The maximum absolute atomic E-state index is 12.3. The third kappa shape index (κ3) is 3.58. The van der Waals surface area contributed by atoms with Gasteiger partial charge in [-0.15, -0.1) is 0 Å². The lowest BCUT2D eigenvalue weighted by atomic mass is 10.1. The molecule has 1 aromatic carbocycles. The van der Waals surface area contributed by atoms with Gasteiger partial charge in [-0.3, -0.25) is 9.69 Å². The number of H-pyrrole nitrogens is 1. The highest BCUT2D eigenvalue weighted by molar-refractivity contribution is 5.98. The topological polar surface area (TPSA) is 36.1 Å². The number of benzene rings is 1. The summed E-state index contributed by atoms with van der Waals surface area (Å²) in [5, 5.41) is 0. The molecule has 0 fully saturated rings. The summed E-state index contributed by atoms with van der Waals surface area (Å²) in [5.74, 6) is 0.169. The van der Waals surface area contributed by atoms with Gasteiger partial charge in [-0.2, -0.15) is 0 Å². The highest BCUT2D eigenvalue weighted by Crippen LogP contribution is 2.12. The van der Waals surface area contributed by atoms with E-state index < -0.39 is 0 Å². The van der Waals surface area contributed by atoms with Crippen molar-refractivity contribution in [3.63, 3.8) is 0 Å². The molecule has 0 saturated heterocycles. The smallest absolute Gasteiger partial charge is 0.178 e. The zero-order valence-corrected chi connectivity index (χ0v) is 12.7. The van der Waals surface area contributed by atoms with E-state index in [-0.39, 0.29) is 5.78 Å². The number of aryl methyl sites for hydroxylation is 3. The van der Waals surface area contributed by atoms with Crippen molar-refractivity contribution in [2.45, 2.75) is 27.3 Å². The van der Waals surface area contributed by atoms with Crippen molar-refractivity contribution >= 4 is 5.78 Å². The number of aromatic nitrogens is 1. The lowest BCUT2D eigenvalue weighted by Gasteiger charge is -2.16. The minimum absolute atomic E-state index is 0.169. The lowest BCUT2D eigenvalue weighted by Crippen LogP contribution is -2.25. The summed E-state index contributed by atoms with van der Waals surface area (Å²) in [6.07, 6.45) is 0. The zero-order chi connectivity index (χ0) is 14.7. The third-order valence-electron chi connectivity index (χ3n) is 3.40. The van der Waals surface area contributed by atoms with Gasteiger partial charge in [0.05, 0.1) is 6.54 Å². The molecule has 2 aromatic rings. The van der Waals surface area contributed by atoms with Crippen LogP contribution in [-0.4, -0.2) is 29.3 Å². The van der Waals surface area contributed by atoms with Crippen molar-refractivity contribution in [2.75, 3.05) is 13.6 Å². The van der Waals surface area contributed by atoms with Gasteiger partial charge in [0.15, 0.2) is 5.78 Å². The average Bonchev–Trinajstić information content (AvgIpc) is 2.68.